The van der Waals surface area contributed by atoms with Gasteiger partial charge in [0.15, 0.2) is 22.7 Å². The second-order valence-electron chi connectivity index (χ2n) is 8.00. The summed E-state index contributed by atoms with van der Waals surface area (Å²) in [4.78, 5) is 12.8. The van der Waals surface area contributed by atoms with Crippen LogP contribution in [0.5, 0.6) is 23.0 Å². The molecule has 1 aliphatic rings. The van der Waals surface area contributed by atoms with Crippen LogP contribution in [0.25, 0.3) is 22.3 Å². The number of aromatic hydroxyl groups is 1. The van der Waals surface area contributed by atoms with Crippen LogP contribution in [0, 0.1) is 0 Å². The van der Waals surface area contributed by atoms with E-state index in [1.165, 1.54) is 18.4 Å². The topological polar surface area (TPSA) is 96.6 Å². The largest absolute Gasteiger partial charge is 0.507 e. The molecule has 0 amide bonds. The molecule has 0 unspecified atom stereocenters. The highest BCUT2D eigenvalue weighted by Gasteiger charge is 2.27. The molecule has 2 heterocycles. The Hall–Kier alpha value is -3.81. The third-order valence-corrected chi connectivity index (χ3v) is 4.93. The molecule has 0 aliphatic carbocycles. The van der Waals surface area contributed by atoms with Crippen LogP contribution in [0.1, 0.15) is 27.2 Å². The predicted molar refractivity (Wildman–Crippen MR) is 122 cm³/mol. The fourth-order valence-corrected chi connectivity index (χ4v) is 3.41. The number of fused-ring (bicyclic) bond motifs is 1. The molecule has 8 nitrogen and oxygen atoms in total. The SMILES string of the molecule is CCCOc1cc(-c2cc(=O)c3c(O)cc(OCC4=COC(C)(C)O4)cc3o2)ccc1OC. The summed E-state index contributed by atoms with van der Waals surface area (Å²) in [6, 6.07) is 9.53. The Labute approximate surface area is 190 Å². The highest BCUT2D eigenvalue weighted by molar-refractivity contribution is 5.86. The summed E-state index contributed by atoms with van der Waals surface area (Å²) in [6.07, 6.45) is 2.33. The molecule has 1 aromatic heterocycles. The monoisotopic (exact) mass is 454 g/mol. The van der Waals surface area contributed by atoms with Crippen molar-refractivity contribution in [2.24, 2.45) is 0 Å². The molecule has 0 spiro atoms. The number of phenolic OH excluding ortho intramolecular Hbond substituents is 1. The minimum atomic E-state index is -0.746. The van der Waals surface area contributed by atoms with Gasteiger partial charge >= 0.3 is 0 Å². The highest BCUT2D eigenvalue weighted by Crippen LogP contribution is 2.35. The van der Waals surface area contributed by atoms with Gasteiger partial charge in [0.05, 0.1) is 13.7 Å². The van der Waals surface area contributed by atoms with Crippen LogP contribution in [0.15, 0.2) is 57.6 Å². The van der Waals surface area contributed by atoms with Crippen molar-refractivity contribution in [3.63, 3.8) is 0 Å². The zero-order valence-electron chi connectivity index (χ0n) is 19.0. The molecule has 0 radical (unpaired) electrons. The van der Waals surface area contributed by atoms with Crippen molar-refractivity contribution in [1.82, 2.24) is 0 Å². The van der Waals surface area contributed by atoms with E-state index in [1.54, 1.807) is 45.2 Å². The van der Waals surface area contributed by atoms with E-state index in [-0.39, 0.29) is 28.8 Å². The van der Waals surface area contributed by atoms with Gasteiger partial charge in [-0.25, -0.2) is 0 Å². The predicted octanol–water partition coefficient (Wildman–Crippen LogP) is 4.97. The average Bonchev–Trinajstić information content (AvgIpc) is 3.14. The van der Waals surface area contributed by atoms with Crippen LogP contribution in [-0.2, 0) is 9.47 Å². The molecule has 0 bridgehead atoms. The molecule has 0 saturated carbocycles. The Kier molecular flexibility index (Phi) is 6.09. The molecule has 3 aromatic rings. The minimum Gasteiger partial charge on any atom is -0.507 e. The lowest BCUT2D eigenvalue weighted by atomic mass is 10.1. The van der Waals surface area contributed by atoms with E-state index < -0.39 is 5.79 Å². The maximum Gasteiger partial charge on any atom is 0.244 e. The summed E-state index contributed by atoms with van der Waals surface area (Å²) in [6.45, 7) is 6.19. The third kappa shape index (κ3) is 4.84. The first-order chi connectivity index (χ1) is 15.8. The van der Waals surface area contributed by atoms with E-state index in [0.717, 1.165) is 6.42 Å². The lowest BCUT2D eigenvalue weighted by molar-refractivity contribution is -0.119. The Morgan fingerprint density at radius 1 is 1.06 bits per heavy atom. The summed E-state index contributed by atoms with van der Waals surface area (Å²) in [5, 5.41) is 10.5. The van der Waals surface area contributed by atoms with E-state index in [1.807, 2.05) is 6.92 Å². The normalized spacial score (nSPS) is 14.4. The molecule has 174 valence electrons. The lowest BCUT2D eigenvalue weighted by Crippen LogP contribution is -2.21. The molecular weight excluding hydrogens is 428 g/mol. The van der Waals surface area contributed by atoms with Gasteiger partial charge in [-0.05, 0) is 24.6 Å². The van der Waals surface area contributed by atoms with Crippen molar-refractivity contribution in [3.05, 3.63) is 58.6 Å². The molecule has 33 heavy (non-hydrogen) atoms. The van der Waals surface area contributed by atoms with Crippen molar-refractivity contribution in [2.75, 3.05) is 20.3 Å². The Bertz CT molecular complexity index is 1260. The van der Waals surface area contributed by atoms with Gasteiger partial charge in [-0.2, -0.15) is 0 Å². The molecule has 0 fully saturated rings. The minimum absolute atomic E-state index is 0.0721. The van der Waals surface area contributed by atoms with E-state index >= 15 is 0 Å². The summed E-state index contributed by atoms with van der Waals surface area (Å²) < 4.78 is 33.8. The number of ether oxygens (including phenoxy) is 5. The number of hydrogen-bond donors (Lipinski definition) is 1. The standard InChI is InChI=1S/C25H26O8/c1-5-8-29-22-9-15(6-7-20(22)28-4)21-12-19(27)24-18(26)10-16(11-23(24)32-21)30-13-17-14-31-25(2,3)33-17/h6-7,9-12,14,26H,5,8,13H2,1-4H3. The van der Waals surface area contributed by atoms with Gasteiger partial charge in [0.25, 0.3) is 0 Å². The van der Waals surface area contributed by atoms with Gasteiger partial charge in [-0.3, -0.25) is 4.79 Å². The summed E-state index contributed by atoms with van der Waals surface area (Å²) in [5.41, 5.74) is 0.451. The van der Waals surface area contributed by atoms with Crippen LogP contribution in [0.3, 0.4) is 0 Å². The summed E-state index contributed by atoms with van der Waals surface area (Å²) in [5.74, 6) is 1.30. The molecule has 1 aliphatic heterocycles. The quantitative estimate of drug-likeness (QED) is 0.510. The lowest BCUT2D eigenvalue weighted by Gasteiger charge is -2.18. The van der Waals surface area contributed by atoms with Gasteiger partial charge in [0.2, 0.25) is 5.79 Å². The molecule has 4 rings (SSSR count). The highest BCUT2D eigenvalue weighted by atomic mass is 16.7. The van der Waals surface area contributed by atoms with Crippen molar-refractivity contribution >= 4 is 11.0 Å². The smallest absolute Gasteiger partial charge is 0.244 e. The fourth-order valence-electron chi connectivity index (χ4n) is 3.41. The van der Waals surface area contributed by atoms with Crippen molar-refractivity contribution in [3.8, 4) is 34.3 Å². The number of rotatable bonds is 8. The number of methoxy groups -OCH3 is 1. The summed E-state index contributed by atoms with van der Waals surface area (Å²) in [7, 11) is 1.56. The van der Waals surface area contributed by atoms with Gasteiger partial charge in [-0.1, -0.05) is 6.92 Å². The third-order valence-electron chi connectivity index (χ3n) is 4.93. The maximum absolute atomic E-state index is 12.8. The Balaban J connectivity index is 1.66. The van der Waals surface area contributed by atoms with Gasteiger partial charge < -0.3 is 33.2 Å². The van der Waals surface area contributed by atoms with Crippen LogP contribution >= 0.6 is 0 Å². The fraction of sp³-hybridized carbons (Fsp3) is 0.320. The molecule has 1 N–H and O–H groups in total. The zero-order valence-corrected chi connectivity index (χ0v) is 19.0. The molecule has 2 aromatic carbocycles. The van der Waals surface area contributed by atoms with E-state index in [9.17, 15) is 9.90 Å². The van der Waals surface area contributed by atoms with Crippen LogP contribution < -0.4 is 19.6 Å². The van der Waals surface area contributed by atoms with Gasteiger partial charge in [0.1, 0.15) is 41.1 Å². The first-order valence-corrected chi connectivity index (χ1v) is 10.6. The number of phenols is 1. The van der Waals surface area contributed by atoms with Crippen LogP contribution in [0.2, 0.25) is 0 Å². The second kappa shape index (κ2) is 8.97. The number of hydrogen-bond acceptors (Lipinski definition) is 8. The molecular formula is C25H26O8. The van der Waals surface area contributed by atoms with Crippen molar-refractivity contribution in [1.29, 1.82) is 0 Å². The average molecular weight is 454 g/mol. The van der Waals surface area contributed by atoms with Crippen LogP contribution in [0.4, 0.5) is 0 Å². The Morgan fingerprint density at radius 2 is 1.88 bits per heavy atom. The zero-order chi connectivity index (χ0) is 23.6. The van der Waals surface area contributed by atoms with Gasteiger partial charge in [0, 0.05) is 37.6 Å². The van der Waals surface area contributed by atoms with Gasteiger partial charge in [-0.15, -0.1) is 0 Å². The van der Waals surface area contributed by atoms with Crippen molar-refractivity contribution < 1.29 is 33.2 Å². The first-order valence-electron chi connectivity index (χ1n) is 10.6. The second-order valence-corrected chi connectivity index (χ2v) is 8.00. The van der Waals surface area contributed by atoms with Crippen LogP contribution in [-0.4, -0.2) is 31.2 Å². The number of benzene rings is 2. The molecule has 0 atom stereocenters. The van der Waals surface area contributed by atoms with E-state index in [0.29, 0.717) is 40.9 Å². The molecule has 0 saturated heterocycles. The summed E-state index contributed by atoms with van der Waals surface area (Å²) >= 11 is 0. The molecule has 8 heteroatoms. The maximum atomic E-state index is 12.8. The van der Waals surface area contributed by atoms with E-state index in [2.05, 4.69) is 0 Å². The van der Waals surface area contributed by atoms with E-state index in [4.69, 9.17) is 28.1 Å². The first kappa shape index (κ1) is 22.4. The van der Waals surface area contributed by atoms with Crippen molar-refractivity contribution in [2.45, 2.75) is 33.0 Å². The Morgan fingerprint density at radius 3 is 2.58 bits per heavy atom.